The maximum Gasteiger partial charge on any atom is 0.160 e. The molecule has 4 heterocycles. The molecule has 0 amide bonds. The van der Waals surface area contributed by atoms with Crippen molar-refractivity contribution in [3.8, 4) is 28.3 Å². The van der Waals surface area contributed by atoms with Crippen LogP contribution in [0.3, 0.4) is 0 Å². The van der Waals surface area contributed by atoms with Crippen molar-refractivity contribution < 1.29 is 4.42 Å². The summed E-state index contributed by atoms with van der Waals surface area (Å²) in [5, 5.41) is 5.88. The van der Waals surface area contributed by atoms with Crippen LogP contribution in [0.2, 0.25) is 0 Å². The van der Waals surface area contributed by atoms with Gasteiger partial charge in [0, 0.05) is 54.5 Å². The molecule has 0 saturated carbocycles. The second kappa shape index (κ2) is 9.36. The lowest BCUT2D eigenvalue weighted by molar-refractivity contribution is 0.669. The molecule has 0 fully saturated rings. The summed E-state index contributed by atoms with van der Waals surface area (Å²) in [4.78, 5) is 10.2. The summed E-state index contributed by atoms with van der Waals surface area (Å²) in [6.45, 7) is 0. The van der Waals surface area contributed by atoms with Crippen LogP contribution < -0.4 is 0 Å². The van der Waals surface area contributed by atoms with E-state index in [1.165, 1.54) is 15.5 Å². The van der Waals surface area contributed by atoms with Crippen LogP contribution in [0, 0.1) is 0 Å². The third-order valence-corrected chi connectivity index (χ3v) is 9.99. The van der Waals surface area contributed by atoms with Crippen LogP contribution in [0.1, 0.15) is 0 Å². The molecule has 10 rings (SSSR count). The van der Waals surface area contributed by atoms with Crippen LogP contribution in [0.25, 0.3) is 92.4 Å². The summed E-state index contributed by atoms with van der Waals surface area (Å²) >= 11 is 1.75. The molecule has 0 aliphatic rings. The molecule has 0 aliphatic heterocycles. The summed E-state index contributed by atoms with van der Waals surface area (Å²) in [7, 11) is 0. The zero-order chi connectivity index (χ0) is 29.5. The van der Waals surface area contributed by atoms with Crippen molar-refractivity contribution in [3.05, 3.63) is 140 Å². The van der Waals surface area contributed by atoms with Crippen LogP contribution in [-0.4, -0.2) is 14.5 Å². The van der Waals surface area contributed by atoms with Crippen LogP contribution in [0.4, 0.5) is 0 Å². The SMILES string of the molecule is c1ccc(-c2nc(-c3ccc(-n4c5ccccc5c5cc6c(cc54)oc4ccccc46)cc3)c3sc4ccccc4c3n2)cc1. The van der Waals surface area contributed by atoms with Crippen LogP contribution in [0.5, 0.6) is 0 Å². The Bertz CT molecular complexity index is 2750. The van der Waals surface area contributed by atoms with Gasteiger partial charge in [-0.2, -0.15) is 0 Å². The van der Waals surface area contributed by atoms with Crippen molar-refractivity contribution in [2.45, 2.75) is 0 Å². The van der Waals surface area contributed by atoms with Gasteiger partial charge in [-0.25, -0.2) is 9.97 Å². The van der Waals surface area contributed by atoms with Gasteiger partial charge in [0.15, 0.2) is 5.82 Å². The van der Waals surface area contributed by atoms with Gasteiger partial charge in [0.05, 0.1) is 26.9 Å². The molecule has 0 N–H and O–H groups in total. The van der Waals surface area contributed by atoms with Crippen LogP contribution in [0.15, 0.2) is 144 Å². The van der Waals surface area contributed by atoms with E-state index in [1.54, 1.807) is 11.3 Å². The van der Waals surface area contributed by atoms with E-state index >= 15 is 0 Å². The van der Waals surface area contributed by atoms with Gasteiger partial charge in [0.2, 0.25) is 0 Å². The summed E-state index contributed by atoms with van der Waals surface area (Å²) < 4.78 is 11.0. The Balaban J connectivity index is 1.19. The molecule has 0 saturated heterocycles. The van der Waals surface area contributed by atoms with E-state index in [1.807, 2.05) is 30.3 Å². The molecule has 5 heteroatoms. The number of rotatable bonds is 3. The van der Waals surface area contributed by atoms with E-state index in [0.29, 0.717) is 0 Å². The molecular formula is C40H23N3OS. The van der Waals surface area contributed by atoms with E-state index in [0.717, 1.165) is 76.9 Å². The van der Waals surface area contributed by atoms with Gasteiger partial charge in [-0.3, -0.25) is 0 Å². The molecule has 0 aliphatic carbocycles. The number of hydrogen-bond acceptors (Lipinski definition) is 4. The molecule has 45 heavy (non-hydrogen) atoms. The minimum absolute atomic E-state index is 0.739. The van der Waals surface area contributed by atoms with Crippen molar-refractivity contribution >= 4 is 75.4 Å². The lowest BCUT2D eigenvalue weighted by Crippen LogP contribution is -1.95. The largest absolute Gasteiger partial charge is 0.456 e. The normalized spacial score (nSPS) is 12.0. The molecule has 0 unspecified atom stereocenters. The predicted octanol–water partition coefficient (Wildman–Crippen LogP) is 11.2. The fourth-order valence-electron chi connectivity index (χ4n) is 6.74. The number of furan rings is 1. The number of hydrogen-bond donors (Lipinski definition) is 0. The van der Waals surface area contributed by atoms with Gasteiger partial charge in [-0.15, -0.1) is 11.3 Å². The Hall–Kier alpha value is -5.78. The third-order valence-electron chi connectivity index (χ3n) is 8.82. The molecule has 4 aromatic heterocycles. The van der Waals surface area contributed by atoms with Crippen molar-refractivity contribution in [2.24, 2.45) is 0 Å². The smallest absolute Gasteiger partial charge is 0.160 e. The summed E-state index contributed by atoms with van der Waals surface area (Å²) in [6.07, 6.45) is 0. The molecule has 0 atom stereocenters. The maximum absolute atomic E-state index is 6.31. The quantitative estimate of drug-likeness (QED) is 0.205. The van der Waals surface area contributed by atoms with E-state index in [4.69, 9.17) is 14.4 Å². The second-order valence-electron chi connectivity index (χ2n) is 11.4. The van der Waals surface area contributed by atoms with Gasteiger partial charge in [0.25, 0.3) is 0 Å². The lowest BCUT2D eigenvalue weighted by atomic mass is 10.1. The molecule has 0 bridgehead atoms. The average Bonchev–Trinajstić information content (AvgIpc) is 3.76. The zero-order valence-corrected chi connectivity index (χ0v) is 24.8. The highest BCUT2D eigenvalue weighted by Gasteiger charge is 2.19. The Morgan fingerprint density at radius 2 is 1.24 bits per heavy atom. The Labute approximate surface area is 261 Å². The molecule has 0 spiro atoms. The van der Waals surface area contributed by atoms with E-state index in [2.05, 4.69) is 114 Å². The van der Waals surface area contributed by atoms with Crippen molar-refractivity contribution in [1.82, 2.24) is 14.5 Å². The minimum atomic E-state index is 0.739. The fraction of sp³-hybridized carbons (Fsp3) is 0. The van der Waals surface area contributed by atoms with Crippen molar-refractivity contribution in [1.29, 1.82) is 0 Å². The van der Waals surface area contributed by atoms with E-state index in [9.17, 15) is 0 Å². The van der Waals surface area contributed by atoms with Crippen molar-refractivity contribution in [3.63, 3.8) is 0 Å². The monoisotopic (exact) mass is 593 g/mol. The average molecular weight is 594 g/mol. The van der Waals surface area contributed by atoms with Crippen LogP contribution >= 0.6 is 11.3 Å². The topological polar surface area (TPSA) is 43.9 Å². The van der Waals surface area contributed by atoms with Gasteiger partial charge >= 0.3 is 0 Å². The summed E-state index contributed by atoms with van der Waals surface area (Å²) in [5.74, 6) is 0.739. The number of fused-ring (bicyclic) bond motifs is 9. The molecule has 210 valence electrons. The van der Waals surface area contributed by atoms with Gasteiger partial charge < -0.3 is 8.98 Å². The van der Waals surface area contributed by atoms with Crippen LogP contribution in [-0.2, 0) is 0 Å². The summed E-state index contributed by atoms with van der Waals surface area (Å²) in [6, 6.07) is 48.9. The fourth-order valence-corrected chi connectivity index (χ4v) is 7.89. The first-order valence-corrected chi connectivity index (χ1v) is 15.8. The van der Waals surface area contributed by atoms with E-state index in [-0.39, 0.29) is 0 Å². The van der Waals surface area contributed by atoms with Gasteiger partial charge in [0.1, 0.15) is 11.2 Å². The number of thiophene rings is 1. The lowest BCUT2D eigenvalue weighted by Gasteiger charge is -2.10. The first kappa shape index (κ1) is 24.6. The zero-order valence-electron chi connectivity index (χ0n) is 23.9. The molecule has 4 nitrogen and oxygen atoms in total. The van der Waals surface area contributed by atoms with Crippen molar-refractivity contribution in [2.75, 3.05) is 0 Å². The number of aromatic nitrogens is 3. The first-order chi connectivity index (χ1) is 22.3. The predicted molar refractivity (Wildman–Crippen MR) is 187 cm³/mol. The Kier molecular flexibility index (Phi) is 5.12. The Morgan fingerprint density at radius 3 is 2.11 bits per heavy atom. The number of nitrogens with zero attached hydrogens (tertiary/aromatic N) is 3. The summed E-state index contributed by atoms with van der Waals surface area (Å²) in [5.41, 5.74) is 9.21. The maximum atomic E-state index is 6.31. The Morgan fingerprint density at radius 1 is 0.511 bits per heavy atom. The van der Waals surface area contributed by atoms with Gasteiger partial charge in [-0.1, -0.05) is 97.1 Å². The molecule has 0 radical (unpaired) electrons. The second-order valence-corrected chi connectivity index (χ2v) is 12.5. The molecule has 10 aromatic rings. The van der Waals surface area contributed by atoms with E-state index < -0.39 is 0 Å². The highest BCUT2D eigenvalue weighted by molar-refractivity contribution is 7.26. The highest BCUT2D eigenvalue weighted by atomic mass is 32.1. The third kappa shape index (κ3) is 3.65. The molecule has 6 aromatic carbocycles. The highest BCUT2D eigenvalue weighted by Crippen LogP contribution is 2.41. The standard InChI is InChI=1S/C40H23N3OS/c1-2-10-25(11-3-1)40-41-37(39-38(42-40)29-14-6-9-17-36(29)45-39)24-18-20-26(21-19-24)43-32-15-7-4-12-27(32)30-22-31-28-13-5-8-16-34(28)44-35(31)23-33(30)43/h1-23H. The number of benzene rings is 6. The number of para-hydroxylation sites is 2. The first-order valence-electron chi connectivity index (χ1n) is 15.0. The van der Waals surface area contributed by atoms with Gasteiger partial charge in [-0.05, 0) is 36.4 Å². The minimum Gasteiger partial charge on any atom is -0.456 e. The molecular weight excluding hydrogens is 571 g/mol.